The number of aromatic nitrogens is 2. The van der Waals surface area contributed by atoms with Crippen molar-refractivity contribution in [3.63, 3.8) is 0 Å². The second-order valence-corrected chi connectivity index (χ2v) is 6.60. The van der Waals surface area contributed by atoms with Crippen molar-refractivity contribution in [1.82, 2.24) is 20.6 Å². The van der Waals surface area contributed by atoms with Crippen LogP contribution in [0.1, 0.15) is 26.5 Å². The number of rotatable bonds is 4. The van der Waals surface area contributed by atoms with E-state index in [0.717, 1.165) is 5.69 Å². The summed E-state index contributed by atoms with van der Waals surface area (Å²) in [6.07, 6.45) is 0. The summed E-state index contributed by atoms with van der Waals surface area (Å²) >= 11 is 0. The number of carbonyl (C=O) groups excluding carboxylic acids is 2. The zero-order valence-corrected chi connectivity index (χ0v) is 16.3. The molecule has 3 rings (SSSR count). The Morgan fingerprint density at radius 2 is 1.62 bits per heavy atom. The molecule has 2 N–H and O–H groups in total. The third-order valence-corrected chi connectivity index (χ3v) is 4.24. The van der Waals surface area contributed by atoms with Crippen LogP contribution in [0.4, 0.5) is 5.69 Å². The number of benzene rings is 2. The molecule has 0 radical (unpaired) electrons. The fraction of sp³-hybridized carbons (Fsp3) is 0.143. The predicted molar refractivity (Wildman–Crippen MR) is 110 cm³/mol. The standard InChI is InChI=1S/C21H21N5O3/c1-14-12-18(27)19(24-26(14)16-9-5-4-6-10-16)21(29)23-22-20(28)15-8-7-11-17(13-15)25(2)3/h4-13H,1-3H3,(H,22,28)(H,23,29). The van der Waals surface area contributed by atoms with Crippen LogP contribution in [0.2, 0.25) is 0 Å². The van der Waals surface area contributed by atoms with Crippen molar-refractivity contribution in [1.29, 1.82) is 0 Å². The molecule has 1 heterocycles. The van der Waals surface area contributed by atoms with Crippen molar-refractivity contribution in [3.05, 3.63) is 87.8 Å². The van der Waals surface area contributed by atoms with Crippen LogP contribution in [0.15, 0.2) is 65.5 Å². The Morgan fingerprint density at radius 3 is 2.31 bits per heavy atom. The van der Waals surface area contributed by atoms with Crippen molar-refractivity contribution in [2.75, 3.05) is 19.0 Å². The van der Waals surface area contributed by atoms with Crippen LogP contribution >= 0.6 is 0 Å². The number of hydrogen-bond acceptors (Lipinski definition) is 5. The van der Waals surface area contributed by atoms with Crippen molar-refractivity contribution in [2.24, 2.45) is 0 Å². The van der Waals surface area contributed by atoms with Gasteiger partial charge in [-0.05, 0) is 37.3 Å². The summed E-state index contributed by atoms with van der Waals surface area (Å²) in [5.74, 6) is -1.30. The van der Waals surface area contributed by atoms with E-state index in [4.69, 9.17) is 0 Å². The number of nitrogens with one attached hydrogen (secondary N) is 2. The van der Waals surface area contributed by atoms with Gasteiger partial charge in [-0.25, -0.2) is 4.68 Å². The van der Waals surface area contributed by atoms with Crippen molar-refractivity contribution in [3.8, 4) is 5.69 Å². The lowest BCUT2D eigenvalue weighted by molar-refractivity contribution is 0.0842. The summed E-state index contributed by atoms with van der Waals surface area (Å²) in [6.45, 7) is 1.72. The van der Waals surface area contributed by atoms with E-state index in [1.165, 1.54) is 10.7 Å². The number of carbonyl (C=O) groups is 2. The van der Waals surface area contributed by atoms with E-state index in [0.29, 0.717) is 16.9 Å². The molecule has 0 spiro atoms. The normalized spacial score (nSPS) is 10.3. The van der Waals surface area contributed by atoms with E-state index in [9.17, 15) is 14.4 Å². The zero-order valence-electron chi connectivity index (χ0n) is 16.3. The maximum Gasteiger partial charge on any atom is 0.294 e. The molecule has 3 aromatic rings. The highest BCUT2D eigenvalue weighted by Gasteiger charge is 2.16. The highest BCUT2D eigenvalue weighted by molar-refractivity contribution is 5.98. The van der Waals surface area contributed by atoms with Gasteiger partial charge in [-0.15, -0.1) is 0 Å². The Labute approximate surface area is 167 Å². The molecule has 0 aliphatic rings. The molecule has 148 valence electrons. The van der Waals surface area contributed by atoms with Crippen LogP contribution in [-0.2, 0) is 0 Å². The first kappa shape index (κ1) is 19.8. The molecule has 2 aromatic carbocycles. The molecule has 8 heteroatoms. The summed E-state index contributed by atoms with van der Waals surface area (Å²) in [7, 11) is 3.72. The number of nitrogens with zero attached hydrogens (tertiary/aromatic N) is 3. The van der Waals surface area contributed by atoms with Gasteiger partial charge in [0, 0.05) is 37.1 Å². The molecule has 1 aromatic heterocycles. The minimum absolute atomic E-state index is 0.318. The number of para-hydroxylation sites is 1. The second kappa shape index (κ2) is 8.39. The SMILES string of the molecule is Cc1cc(=O)c(C(=O)NNC(=O)c2cccc(N(C)C)c2)nn1-c1ccccc1. The Morgan fingerprint density at radius 1 is 0.931 bits per heavy atom. The molecule has 0 saturated carbocycles. The molecular formula is C21H21N5O3. The zero-order chi connectivity index (χ0) is 21.0. The third kappa shape index (κ3) is 4.49. The minimum Gasteiger partial charge on any atom is -0.378 e. The van der Waals surface area contributed by atoms with Gasteiger partial charge >= 0.3 is 0 Å². The summed E-state index contributed by atoms with van der Waals surface area (Å²) in [4.78, 5) is 38.9. The van der Waals surface area contributed by atoms with E-state index in [2.05, 4.69) is 16.0 Å². The van der Waals surface area contributed by atoms with Gasteiger partial charge in [-0.2, -0.15) is 5.10 Å². The lowest BCUT2D eigenvalue weighted by Gasteiger charge is -2.14. The Balaban J connectivity index is 1.78. The summed E-state index contributed by atoms with van der Waals surface area (Å²) < 4.78 is 1.50. The number of hydrazine groups is 1. The topological polar surface area (TPSA) is 96.3 Å². The second-order valence-electron chi connectivity index (χ2n) is 6.60. The Kier molecular flexibility index (Phi) is 5.73. The van der Waals surface area contributed by atoms with E-state index in [-0.39, 0.29) is 5.69 Å². The number of amides is 2. The van der Waals surface area contributed by atoms with Crippen LogP contribution in [-0.4, -0.2) is 35.7 Å². The quantitative estimate of drug-likeness (QED) is 0.660. The van der Waals surface area contributed by atoms with Gasteiger partial charge in [-0.1, -0.05) is 24.3 Å². The fourth-order valence-corrected chi connectivity index (χ4v) is 2.71. The maximum absolute atomic E-state index is 12.5. The Bertz CT molecular complexity index is 1110. The summed E-state index contributed by atoms with van der Waals surface area (Å²) in [5, 5.41) is 4.16. The summed E-state index contributed by atoms with van der Waals surface area (Å²) in [5.41, 5.74) is 6.24. The molecule has 0 unspecified atom stereocenters. The van der Waals surface area contributed by atoms with Crippen molar-refractivity contribution >= 4 is 17.5 Å². The fourth-order valence-electron chi connectivity index (χ4n) is 2.71. The molecule has 0 atom stereocenters. The van der Waals surface area contributed by atoms with Gasteiger partial charge in [0.05, 0.1) is 5.69 Å². The maximum atomic E-state index is 12.5. The number of aryl methyl sites for hydroxylation is 1. The first-order valence-electron chi connectivity index (χ1n) is 8.91. The molecular weight excluding hydrogens is 370 g/mol. The van der Waals surface area contributed by atoms with Crippen LogP contribution in [0, 0.1) is 6.92 Å². The van der Waals surface area contributed by atoms with E-state index < -0.39 is 17.2 Å². The highest BCUT2D eigenvalue weighted by Crippen LogP contribution is 2.13. The molecule has 0 aliphatic carbocycles. The molecule has 29 heavy (non-hydrogen) atoms. The van der Waals surface area contributed by atoms with Gasteiger partial charge in [-0.3, -0.25) is 25.2 Å². The van der Waals surface area contributed by atoms with E-state index in [1.54, 1.807) is 25.1 Å². The molecule has 0 saturated heterocycles. The van der Waals surface area contributed by atoms with Crippen molar-refractivity contribution < 1.29 is 9.59 Å². The van der Waals surface area contributed by atoms with Crippen LogP contribution < -0.4 is 21.2 Å². The van der Waals surface area contributed by atoms with Crippen LogP contribution in [0.3, 0.4) is 0 Å². The van der Waals surface area contributed by atoms with E-state index >= 15 is 0 Å². The molecule has 2 amide bonds. The van der Waals surface area contributed by atoms with Gasteiger partial charge in [0.2, 0.25) is 5.43 Å². The first-order valence-corrected chi connectivity index (χ1v) is 8.91. The Hall–Kier alpha value is -3.94. The number of anilines is 1. The lowest BCUT2D eigenvalue weighted by atomic mass is 10.2. The molecule has 0 aliphatic heterocycles. The monoisotopic (exact) mass is 391 g/mol. The molecule has 0 fully saturated rings. The average molecular weight is 391 g/mol. The van der Waals surface area contributed by atoms with Gasteiger partial charge in [0.1, 0.15) is 0 Å². The number of hydrogen-bond donors (Lipinski definition) is 2. The van der Waals surface area contributed by atoms with Gasteiger partial charge in [0.25, 0.3) is 11.8 Å². The summed E-state index contributed by atoms with van der Waals surface area (Å²) in [6, 6.07) is 17.4. The lowest BCUT2D eigenvalue weighted by Crippen LogP contribution is -2.44. The van der Waals surface area contributed by atoms with Gasteiger partial charge < -0.3 is 4.90 Å². The minimum atomic E-state index is -0.795. The largest absolute Gasteiger partial charge is 0.378 e. The first-order chi connectivity index (χ1) is 13.9. The smallest absolute Gasteiger partial charge is 0.294 e. The van der Waals surface area contributed by atoms with Gasteiger partial charge in [0.15, 0.2) is 5.69 Å². The van der Waals surface area contributed by atoms with Crippen LogP contribution in [0.5, 0.6) is 0 Å². The molecule has 0 bridgehead atoms. The molecule has 8 nitrogen and oxygen atoms in total. The third-order valence-electron chi connectivity index (χ3n) is 4.24. The predicted octanol–water partition coefficient (Wildman–Crippen LogP) is 1.68. The average Bonchev–Trinajstić information content (AvgIpc) is 2.72. The van der Waals surface area contributed by atoms with E-state index in [1.807, 2.05) is 55.4 Å². The van der Waals surface area contributed by atoms with Crippen molar-refractivity contribution in [2.45, 2.75) is 6.92 Å². The highest BCUT2D eigenvalue weighted by atomic mass is 16.2. The van der Waals surface area contributed by atoms with Crippen LogP contribution in [0.25, 0.3) is 5.69 Å².